The van der Waals surface area contributed by atoms with E-state index < -0.39 is 0 Å². The van der Waals surface area contributed by atoms with Crippen LogP contribution in [0.4, 0.5) is 0 Å². The molecule has 0 amide bonds. The van der Waals surface area contributed by atoms with Gasteiger partial charge in [-0.3, -0.25) is 0 Å². The molecule has 3 heteroatoms. The third kappa shape index (κ3) is 2.30. The summed E-state index contributed by atoms with van der Waals surface area (Å²) < 4.78 is 5.24. The van der Waals surface area contributed by atoms with Crippen molar-refractivity contribution in [3.8, 4) is 0 Å². The van der Waals surface area contributed by atoms with Crippen molar-refractivity contribution >= 4 is 0 Å². The molecule has 9 heavy (non-hydrogen) atoms. The summed E-state index contributed by atoms with van der Waals surface area (Å²) in [5, 5.41) is 11.6. The van der Waals surface area contributed by atoms with Crippen LogP contribution in [0.2, 0.25) is 0 Å². The molecular weight excluding hydrogens is 118 g/mol. The van der Waals surface area contributed by atoms with Gasteiger partial charge in [0.1, 0.15) is 0 Å². The molecule has 3 nitrogen and oxygen atoms in total. The smallest absolute Gasteiger partial charge is 0.0754 e. The fraction of sp³-hybridized carbons (Fsp3) is 0.833. The van der Waals surface area contributed by atoms with Crippen molar-refractivity contribution in [2.24, 2.45) is 0 Å². The number of ether oxygens (including phenoxy) is 1. The maximum atomic E-state index is 8.46. The highest BCUT2D eigenvalue weighted by Crippen LogP contribution is 1.97. The van der Waals surface area contributed by atoms with Gasteiger partial charge in [0.15, 0.2) is 0 Å². The highest BCUT2D eigenvalue weighted by atomic mass is 16.5. The van der Waals surface area contributed by atoms with Crippen molar-refractivity contribution in [3.63, 3.8) is 0 Å². The Labute approximate surface area is 55.0 Å². The van der Waals surface area contributed by atoms with E-state index in [1.165, 1.54) is 0 Å². The second-order valence-corrected chi connectivity index (χ2v) is 2.03. The van der Waals surface area contributed by atoms with Gasteiger partial charge in [-0.2, -0.15) is 0 Å². The van der Waals surface area contributed by atoms with Crippen LogP contribution < -0.4 is 5.32 Å². The SMILES string of the molecule is OC[CH]C1CNCCO1. The molecule has 0 bridgehead atoms. The van der Waals surface area contributed by atoms with Gasteiger partial charge in [-0.25, -0.2) is 0 Å². The van der Waals surface area contributed by atoms with Gasteiger partial charge in [0.2, 0.25) is 0 Å². The summed E-state index contributed by atoms with van der Waals surface area (Å²) in [7, 11) is 0. The van der Waals surface area contributed by atoms with E-state index in [9.17, 15) is 0 Å². The fourth-order valence-electron chi connectivity index (χ4n) is 0.855. The van der Waals surface area contributed by atoms with E-state index in [2.05, 4.69) is 5.32 Å². The van der Waals surface area contributed by atoms with Crippen molar-refractivity contribution in [2.45, 2.75) is 6.10 Å². The van der Waals surface area contributed by atoms with Crippen LogP contribution >= 0.6 is 0 Å². The van der Waals surface area contributed by atoms with Gasteiger partial charge in [0, 0.05) is 26.1 Å². The molecule has 1 atom stereocenters. The first-order valence-electron chi connectivity index (χ1n) is 3.20. The van der Waals surface area contributed by atoms with E-state index in [-0.39, 0.29) is 12.7 Å². The van der Waals surface area contributed by atoms with Crippen LogP contribution in [0.5, 0.6) is 0 Å². The molecule has 1 radical (unpaired) electrons. The van der Waals surface area contributed by atoms with Crippen molar-refractivity contribution in [1.29, 1.82) is 0 Å². The summed E-state index contributed by atoms with van der Waals surface area (Å²) in [6, 6.07) is 0. The standard InChI is InChI=1S/C6H12NO2/c8-3-1-6-5-7-2-4-9-6/h1,6-8H,2-5H2. The maximum absolute atomic E-state index is 8.46. The molecule has 1 aliphatic heterocycles. The first-order chi connectivity index (χ1) is 4.43. The number of morpholine rings is 1. The van der Waals surface area contributed by atoms with Crippen LogP contribution in [0.3, 0.4) is 0 Å². The first-order valence-corrected chi connectivity index (χ1v) is 3.20. The summed E-state index contributed by atoms with van der Waals surface area (Å²) in [4.78, 5) is 0. The summed E-state index contributed by atoms with van der Waals surface area (Å²) in [6.45, 7) is 2.61. The molecule has 1 saturated heterocycles. The molecule has 1 fully saturated rings. The Bertz CT molecular complexity index is 68.7. The summed E-state index contributed by atoms with van der Waals surface area (Å²) >= 11 is 0. The molecule has 1 rings (SSSR count). The fourth-order valence-corrected chi connectivity index (χ4v) is 0.855. The Morgan fingerprint density at radius 2 is 2.67 bits per heavy atom. The quantitative estimate of drug-likeness (QED) is 0.512. The zero-order chi connectivity index (χ0) is 6.53. The molecule has 0 aromatic carbocycles. The molecular formula is C6H12NO2. The summed E-state index contributed by atoms with van der Waals surface area (Å²) in [5.74, 6) is 0. The Balaban J connectivity index is 2.08. The molecule has 2 N–H and O–H groups in total. The van der Waals surface area contributed by atoms with E-state index >= 15 is 0 Å². The van der Waals surface area contributed by atoms with E-state index in [1.807, 2.05) is 0 Å². The molecule has 0 saturated carbocycles. The Morgan fingerprint density at radius 3 is 3.22 bits per heavy atom. The lowest BCUT2D eigenvalue weighted by Crippen LogP contribution is -2.39. The normalized spacial score (nSPS) is 28.3. The minimum atomic E-state index is 0.104. The van der Waals surface area contributed by atoms with E-state index in [0.29, 0.717) is 0 Å². The lowest BCUT2D eigenvalue weighted by molar-refractivity contribution is 0.0423. The van der Waals surface area contributed by atoms with Crippen molar-refractivity contribution in [3.05, 3.63) is 6.42 Å². The first kappa shape index (κ1) is 6.99. The van der Waals surface area contributed by atoms with Gasteiger partial charge >= 0.3 is 0 Å². The summed E-state index contributed by atoms with van der Waals surface area (Å²) in [6.07, 6.45) is 1.87. The number of aliphatic hydroxyl groups excluding tert-OH is 1. The minimum Gasteiger partial charge on any atom is -0.396 e. The van der Waals surface area contributed by atoms with Gasteiger partial charge in [-0.15, -0.1) is 0 Å². The van der Waals surface area contributed by atoms with Crippen LogP contribution in [0.25, 0.3) is 0 Å². The molecule has 0 aromatic heterocycles. The molecule has 0 spiro atoms. The van der Waals surface area contributed by atoms with Crippen LogP contribution in [-0.4, -0.2) is 37.5 Å². The van der Waals surface area contributed by atoms with Crippen molar-refractivity contribution in [2.75, 3.05) is 26.3 Å². The second kappa shape index (κ2) is 3.82. The number of hydrogen-bond donors (Lipinski definition) is 2. The van der Waals surface area contributed by atoms with Crippen molar-refractivity contribution in [1.82, 2.24) is 5.32 Å². The second-order valence-electron chi connectivity index (χ2n) is 2.03. The molecule has 1 unspecified atom stereocenters. The lowest BCUT2D eigenvalue weighted by Gasteiger charge is -2.22. The van der Waals surface area contributed by atoms with E-state index in [4.69, 9.17) is 9.84 Å². The predicted molar refractivity (Wildman–Crippen MR) is 34.0 cm³/mol. The van der Waals surface area contributed by atoms with Gasteiger partial charge in [-0.1, -0.05) is 0 Å². The maximum Gasteiger partial charge on any atom is 0.0754 e. The third-order valence-electron chi connectivity index (χ3n) is 1.32. The third-order valence-corrected chi connectivity index (χ3v) is 1.32. The topological polar surface area (TPSA) is 41.5 Å². The monoisotopic (exact) mass is 130 g/mol. The van der Waals surface area contributed by atoms with Gasteiger partial charge in [0.05, 0.1) is 12.7 Å². The highest BCUT2D eigenvalue weighted by Gasteiger charge is 2.11. The van der Waals surface area contributed by atoms with Gasteiger partial charge in [0.25, 0.3) is 0 Å². The molecule has 53 valence electrons. The van der Waals surface area contributed by atoms with Crippen LogP contribution in [0.1, 0.15) is 0 Å². The van der Waals surface area contributed by atoms with Crippen LogP contribution in [0, 0.1) is 6.42 Å². The molecule has 1 heterocycles. The van der Waals surface area contributed by atoms with E-state index in [0.717, 1.165) is 19.7 Å². The molecule has 0 aliphatic carbocycles. The number of aliphatic hydroxyl groups is 1. The number of nitrogens with one attached hydrogen (secondary N) is 1. The van der Waals surface area contributed by atoms with E-state index in [1.54, 1.807) is 6.42 Å². The zero-order valence-electron chi connectivity index (χ0n) is 5.34. The Kier molecular flexibility index (Phi) is 2.97. The Hall–Kier alpha value is -0.120. The predicted octanol–water partition coefficient (Wildman–Crippen LogP) is -0.829. The Morgan fingerprint density at radius 1 is 1.78 bits per heavy atom. The van der Waals surface area contributed by atoms with Gasteiger partial charge < -0.3 is 15.2 Å². The van der Waals surface area contributed by atoms with Crippen molar-refractivity contribution < 1.29 is 9.84 Å². The average Bonchev–Trinajstić information content (AvgIpc) is 1.91. The van der Waals surface area contributed by atoms with Gasteiger partial charge in [-0.05, 0) is 0 Å². The van der Waals surface area contributed by atoms with Crippen LogP contribution in [-0.2, 0) is 4.74 Å². The zero-order valence-corrected chi connectivity index (χ0v) is 5.34. The summed E-state index contributed by atoms with van der Waals surface area (Å²) in [5.41, 5.74) is 0. The lowest BCUT2D eigenvalue weighted by atomic mass is 10.2. The largest absolute Gasteiger partial charge is 0.396 e. The molecule has 0 aromatic rings. The number of rotatable bonds is 2. The number of hydrogen-bond acceptors (Lipinski definition) is 3. The minimum absolute atomic E-state index is 0.104. The molecule has 1 aliphatic rings. The highest BCUT2D eigenvalue weighted by molar-refractivity contribution is 4.80. The van der Waals surface area contributed by atoms with Crippen LogP contribution in [0.15, 0.2) is 0 Å². The average molecular weight is 130 g/mol.